The molecule has 0 radical (unpaired) electrons. The Labute approximate surface area is 159 Å². The van der Waals surface area contributed by atoms with E-state index in [1.165, 1.54) is 6.42 Å². The Hall–Kier alpha value is -1.10. The van der Waals surface area contributed by atoms with Crippen molar-refractivity contribution in [1.82, 2.24) is 5.32 Å². The van der Waals surface area contributed by atoms with Crippen LogP contribution in [0.25, 0.3) is 0 Å². The van der Waals surface area contributed by atoms with Gasteiger partial charge < -0.3 is 15.8 Å². The monoisotopic (exact) mass is 368 g/mol. The van der Waals surface area contributed by atoms with Crippen LogP contribution in [0.5, 0.6) is 0 Å². The molecule has 0 aliphatic heterocycles. The lowest BCUT2D eigenvalue weighted by molar-refractivity contribution is -0.157. The maximum atomic E-state index is 12.6. The van der Waals surface area contributed by atoms with Crippen LogP contribution in [0, 0.1) is 23.7 Å². The van der Waals surface area contributed by atoms with Gasteiger partial charge in [0.25, 0.3) is 0 Å². The Morgan fingerprint density at radius 1 is 1.23 bits per heavy atom. The standard InChI is InChI=1S/C21H40N2O3/c1-6-8-16(13-23-18(7-2)21(22)25)12-20(24)26-19-11-15(5)9-10-17(19)14(3)4/h14-19,23H,6-13H2,1-5H3,(H2,22,25)/t15?,16?,17-,18-,19+/m0/s1. The summed E-state index contributed by atoms with van der Waals surface area (Å²) in [6, 6.07) is -0.324. The minimum absolute atomic E-state index is 0.0514. The van der Waals surface area contributed by atoms with Crippen molar-refractivity contribution in [2.45, 2.75) is 91.7 Å². The molecule has 0 aromatic carbocycles. The van der Waals surface area contributed by atoms with Gasteiger partial charge in [-0.3, -0.25) is 9.59 Å². The minimum Gasteiger partial charge on any atom is -0.462 e. The molecule has 5 atom stereocenters. The van der Waals surface area contributed by atoms with Crippen LogP contribution in [0.4, 0.5) is 0 Å². The van der Waals surface area contributed by atoms with Gasteiger partial charge in [-0.25, -0.2) is 0 Å². The van der Waals surface area contributed by atoms with Crippen molar-refractivity contribution in [1.29, 1.82) is 0 Å². The zero-order valence-corrected chi connectivity index (χ0v) is 17.4. The van der Waals surface area contributed by atoms with Gasteiger partial charge in [-0.15, -0.1) is 0 Å². The third-order valence-corrected chi connectivity index (χ3v) is 5.80. The number of carbonyl (C=O) groups excluding carboxylic acids is 2. The van der Waals surface area contributed by atoms with E-state index in [0.29, 0.717) is 37.1 Å². The largest absolute Gasteiger partial charge is 0.462 e. The van der Waals surface area contributed by atoms with Crippen LogP contribution in [-0.2, 0) is 14.3 Å². The van der Waals surface area contributed by atoms with Crippen molar-refractivity contribution in [2.75, 3.05) is 6.54 Å². The van der Waals surface area contributed by atoms with Gasteiger partial charge in [-0.1, -0.05) is 47.5 Å². The van der Waals surface area contributed by atoms with Crippen molar-refractivity contribution in [3.05, 3.63) is 0 Å². The number of carbonyl (C=O) groups is 2. The van der Waals surface area contributed by atoms with Gasteiger partial charge in [0.1, 0.15) is 6.10 Å². The highest BCUT2D eigenvalue weighted by Crippen LogP contribution is 2.35. The Kier molecular flexibility index (Phi) is 10.2. The molecule has 0 saturated heterocycles. The zero-order valence-electron chi connectivity index (χ0n) is 17.4. The molecule has 0 heterocycles. The molecule has 26 heavy (non-hydrogen) atoms. The lowest BCUT2D eigenvalue weighted by Crippen LogP contribution is -2.43. The summed E-state index contributed by atoms with van der Waals surface area (Å²) in [7, 11) is 0. The van der Waals surface area contributed by atoms with Gasteiger partial charge in [0.15, 0.2) is 0 Å². The fraction of sp³-hybridized carbons (Fsp3) is 0.905. The van der Waals surface area contributed by atoms with E-state index < -0.39 is 0 Å². The average Bonchev–Trinajstić information content (AvgIpc) is 2.54. The molecule has 1 saturated carbocycles. The molecular formula is C21H40N2O3. The first kappa shape index (κ1) is 22.9. The fourth-order valence-corrected chi connectivity index (χ4v) is 4.14. The van der Waals surface area contributed by atoms with Crippen LogP contribution < -0.4 is 11.1 Å². The summed E-state index contributed by atoms with van der Waals surface area (Å²) in [4.78, 5) is 24.0. The van der Waals surface area contributed by atoms with Crippen LogP contribution in [0.3, 0.4) is 0 Å². The fourth-order valence-electron chi connectivity index (χ4n) is 4.14. The van der Waals surface area contributed by atoms with Crippen molar-refractivity contribution in [2.24, 2.45) is 29.4 Å². The zero-order chi connectivity index (χ0) is 19.7. The number of ether oxygens (including phenoxy) is 1. The number of nitrogens with one attached hydrogen (secondary N) is 1. The Morgan fingerprint density at radius 2 is 1.92 bits per heavy atom. The van der Waals surface area contributed by atoms with Crippen LogP contribution in [0.1, 0.15) is 79.6 Å². The third kappa shape index (κ3) is 7.65. The summed E-state index contributed by atoms with van der Waals surface area (Å²) in [5, 5.41) is 3.21. The number of esters is 1. The highest BCUT2D eigenvalue weighted by molar-refractivity contribution is 5.79. The summed E-state index contributed by atoms with van der Waals surface area (Å²) < 4.78 is 5.93. The van der Waals surface area contributed by atoms with Gasteiger partial charge >= 0.3 is 5.97 Å². The number of amides is 1. The molecule has 152 valence electrons. The van der Waals surface area contributed by atoms with Crippen LogP contribution in [0.2, 0.25) is 0 Å². The van der Waals surface area contributed by atoms with Gasteiger partial charge in [0.05, 0.1) is 6.04 Å². The predicted molar refractivity (Wildman–Crippen MR) is 106 cm³/mol. The van der Waals surface area contributed by atoms with Crippen LogP contribution in [-0.4, -0.2) is 30.6 Å². The van der Waals surface area contributed by atoms with Gasteiger partial charge in [0, 0.05) is 6.42 Å². The SMILES string of the molecule is CCCC(CN[C@@H](CC)C(N)=O)CC(=O)O[C@@H]1CC(C)CC[C@H]1C(C)C. The highest BCUT2D eigenvalue weighted by atomic mass is 16.5. The van der Waals surface area contributed by atoms with E-state index in [2.05, 4.69) is 33.0 Å². The summed E-state index contributed by atoms with van der Waals surface area (Å²) in [6.07, 6.45) is 6.41. The van der Waals surface area contributed by atoms with Gasteiger partial charge in [-0.2, -0.15) is 0 Å². The Balaban J connectivity index is 2.58. The topological polar surface area (TPSA) is 81.4 Å². The number of hydrogen-bond donors (Lipinski definition) is 2. The van der Waals surface area contributed by atoms with E-state index in [1.807, 2.05) is 6.92 Å². The minimum atomic E-state index is -0.332. The average molecular weight is 369 g/mol. The van der Waals surface area contributed by atoms with Crippen molar-refractivity contribution >= 4 is 11.9 Å². The van der Waals surface area contributed by atoms with Crippen LogP contribution in [0.15, 0.2) is 0 Å². The Morgan fingerprint density at radius 3 is 2.46 bits per heavy atom. The molecule has 1 fully saturated rings. The molecule has 1 aliphatic rings. The smallest absolute Gasteiger partial charge is 0.306 e. The number of primary amides is 1. The number of rotatable bonds is 11. The summed E-state index contributed by atoms with van der Waals surface area (Å²) in [6.45, 7) is 11.4. The van der Waals surface area contributed by atoms with Crippen LogP contribution >= 0.6 is 0 Å². The maximum absolute atomic E-state index is 12.6. The molecule has 0 aromatic heterocycles. The third-order valence-electron chi connectivity index (χ3n) is 5.80. The maximum Gasteiger partial charge on any atom is 0.306 e. The molecule has 0 aromatic rings. The molecule has 1 aliphatic carbocycles. The molecule has 5 nitrogen and oxygen atoms in total. The molecule has 1 rings (SSSR count). The van der Waals surface area contributed by atoms with E-state index >= 15 is 0 Å². The van der Waals surface area contributed by atoms with E-state index in [-0.39, 0.29) is 29.9 Å². The highest BCUT2D eigenvalue weighted by Gasteiger charge is 2.33. The second-order valence-electron chi connectivity index (χ2n) is 8.48. The molecule has 0 spiro atoms. The second kappa shape index (κ2) is 11.6. The van der Waals surface area contributed by atoms with E-state index in [1.54, 1.807) is 0 Å². The quantitative estimate of drug-likeness (QED) is 0.545. The number of hydrogen-bond acceptors (Lipinski definition) is 4. The molecule has 3 N–H and O–H groups in total. The Bertz CT molecular complexity index is 439. The van der Waals surface area contributed by atoms with E-state index in [0.717, 1.165) is 25.7 Å². The van der Waals surface area contributed by atoms with E-state index in [4.69, 9.17) is 10.5 Å². The molecule has 1 amide bonds. The lowest BCUT2D eigenvalue weighted by atomic mass is 9.75. The number of nitrogens with two attached hydrogens (primary N) is 1. The lowest BCUT2D eigenvalue weighted by Gasteiger charge is -2.37. The predicted octanol–water partition coefficient (Wildman–Crippen LogP) is 3.65. The molecular weight excluding hydrogens is 328 g/mol. The van der Waals surface area contributed by atoms with Crippen molar-refractivity contribution in [3.63, 3.8) is 0 Å². The normalized spacial score (nSPS) is 25.7. The first-order valence-electron chi connectivity index (χ1n) is 10.5. The molecule has 2 unspecified atom stereocenters. The second-order valence-corrected chi connectivity index (χ2v) is 8.48. The molecule has 0 bridgehead atoms. The van der Waals surface area contributed by atoms with Crippen molar-refractivity contribution < 1.29 is 14.3 Å². The van der Waals surface area contributed by atoms with Gasteiger partial charge in [-0.05, 0) is 55.9 Å². The summed E-state index contributed by atoms with van der Waals surface area (Å²) >= 11 is 0. The van der Waals surface area contributed by atoms with Crippen molar-refractivity contribution in [3.8, 4) is 0 Å². The summed E-state index contributed by atoms with van der Waals surface area (Å²) in [5.41, 5.74) is 5.40. The van der Waals surface area contributed by atoms with E-state index in [9.17, 15) is 9.59 Å². The summed E-state index contributed by atoms with van der Waals surface area (Å²) in [5.74, 6) is 1.38. The first-order valence-corrected chi connectivity index (χ1v) is 10.5. The molecule has 5 heteroatoms. The van der Waals surface area contributed by atoms with Gasteiger partial charge in [0.2, 0.25) is 5.91 Å². The first-order chi connectivity index (χ1) is 12.3.